The molecule has 0 aliphatic carbocycles. The first-order chi connectivity index (χ1) is 6.58. The summed E-state index contributed by atoms with van der Waals surface area (Å²) in [7, 11) is 1.22. The smallest absolute Gasteiger partial charge is 0.318 e. The Morgan fingerprint density at radius 2 is 1.33 bits per heavy atom. The minimum absolute atomic E-state index is 0.260. The van der Waals surface area contributed by atoms with E-state index in [1.54, 1.807) is 0 Å². The molecule has 0 aromatic heterocycles. The van der Waals surface area contributed by atoms with E-state index in [1.807, 2.05) is 0 Å². The van der Waals surface area contributed by atoms with Gasteiger partial charge < -0.3 is 4.74 Å². The summed E-state index contributed by atoms with van der Waals surface area (Å²) in [5.74, 6) is -1.30. The van der Waals surface area contributed by atoms with Crippen LogP contribution in [-0.4, -0.2) is 24.6 Å². The summed E-state index contributed by atoms with van der Waals surface area (Å²) in [5, 5.41) is 0. The number of carbonyl (C=O) groups is 3. The first-order valence-corrected chi connectivity index (χ1v) is 4.72. The summed E-state index contributed by atoms with van der Waals surface area (Å²) < 4.78 is 4.54. The SMILES string of the molecule is COC(=O)C(C)(C)C(=O)C(C)(C)C(C)=O. The van der Waals surface area contributed by atoms with Crippen molar-refractivity contribution in [1.82, 2.24) is 0 Å². The van der Waals surface area contributed by atoms with E-state index in [2.05, 4.69) is 4.74 Å². The van der Waals surface area contributed by atoms with Crippen molar-refractivity contribution in [2.45, 2.75) is 34.6 Å². The number of hydrogen-bond acceptors (Lipinski definition) is 4. The van der Waals surface area contributed by atoms with E-state index < -0.39 is 22.6 Å². The van der Waals surface area contributed by atoms with E-state index in [0.717, 1.165) is 0 Å². The molecule has 0 saturated heterocycles. The van der Waals surface area contributed by atoms with Gasteiger partial charge in [0.2, 0.25) is 0 Å². The number of ketones is 2. The standard InChI is InChI=1S/C11H18O4/c1-7(12)10(2,3)8(13)11(4,5)9(14)15-6/h1-6H3. The van der Waals surface area contributed by atoms with Crippen molar-refractivity contribution in [2.24, 2.45) is 10.8 Å². The van der Waals surface area contributed by atoms with Gasteiger partial charge in [0.1, 0.15) is 11.2 Å². The molecule has 0 radical (unpaired) electrons. The van der Waals surface area contributed by atoms with Crippen LogP contribution in [0.15, 0.2) is 0 Å². The highest BCUT2D eigenvalue weighted by molar-refractivity contribution is 6.14. The molecule has 86 valence electrons. The summed E-state index contributed by atoms with van der Waals surface area (Å²) in [5.41, 5.74) is -2.44. The molecule has 0 bridgehead atoms. The highest BCUT2D eigenvalue weighted by atomic mass is 16.5. The minimum Gasteiger partial charge on any atom is -0.468 e. The highest BCUT2D eigenvalue weighted by Crippen LogP contribution is 2.31. The maximum atomic E-state index is 12.0. The third-order valence-corrected chi connectivity index (χ3v) is 2.71. The fourth-order valence-electron chi connectivity index (χ4n) is 1.29. The summed E-state index contributed by atoms with van der Waals surface area (Å²) >= 11 is 0. The van der Waals surface area contributed by atoms with E-state index in [9.17, 15) is 14.4 Å². The maximum Gasteiger partial charge on any atom is 0.318 e. The van der Waals surface area contributed by atoms with Crippen LogP contribution in [0.3, 0.4) is 0 Å². The van der Waals surface area contributed by atoms with Crippen LogP contribution in [0.1, 0.15) is 34.6 Å². The van der Waals surface area contributed by atoms with Crippen molar-refractivity contribution < 1.29 is 19.1 Å². The minimum atomic E-state index is -1.29. The van der Waals surface area contributed by atoms with Gasteiger partial charge >= 0.3 is 5.97 Å². The Morgan fingerprint density at radius 3 is 1.60 bits per heavy atom. The molecule has 0 amide bonds. The van der Waals surface area contributed by atoms with Crippen molar-refractivity contribution in [1.29, 1.82) is 0 Å². The van der Waals surface area contributed by atoms with Crippen LogP contribution in [0.4, 0.5) is 0 Å². The molecular weight excluding hydrogens is 196 g/mol. The molecule has 0 unspecified atom stereocenters. The molecule has 4 nitrogen and oxygen atoms in total. The molecule has 4 heteroatoms. The van der Waals surface area contributed by atoms with Crippen LogP contribution < -0.4 is 0 Å². The third-order valence-electron chi connectivity index (χ3n) is 2.71. The number of hydrogen-bond donors (Lipinski definition) is 0. The quantitative estimate of drug-likeness (QED) is 0.524. The van der Waals surface area contributed by atoms with E-state index in [-0.39, 0.29) is 5.78 Å². The number of rotatable bonds is 4. The largest absolute Gasteiger partial charge is 0.468 e. The van der Waals surface area contributed by atoms with Crippen molar-refractivity contribution in [3.05, 3.63) is 0 Å². The zero-order valence-corrected chi connectivity index (χ0v) is 10.1. The number of carbonyl (C=O) groups excluding carboxylic acids is 3. The molecular formula is C11H18O4. The molecule has 0 rings (SSSR count). The second kappa shape index (κ2) is 4.13. The second-order valence-corrected chi connectivity index (χ2v) is 4.63. The zero-order valence-electron chi connectivity index (χ0n) is 10.1. The van der Waals surface area contributed by atoms with Gasteiger partial charge in [-0.05, 0) is 34.6 Å². The van der Waals surface area contributed by atoms with Crippen molar-refractivity contribution >= 4 is 17.5 Å². The van der Waals surface area contributed by atoms with Gasteiger partial charge in [0.05, 0.1) is 12.5 Å². The normalized spacial score (nSPS) is 12.1. The molecule has 0 aromatic carbocycles. The number of ether oxygens (including phenoxy) is 1. The first-order valence-electron chi connectivity index (χ1n) is 4.72. The van der Waals surface area contributed by atoms with E-state index in [4.69, 9.17) is 0 Å². The topological polar surface area (TPSA) is 60.4 Å². The zero-order chi connectivity index (χ0) is 12.4. The van der Waals surface area contributed by atoms with Gasteiger partial charge in [-0.3, -0.25) is 14.4 Å². The number of Topliss-reactive ketones (excluding diaryl/α,β-unsaturated/α-hetero) is 2. The summed E-state index contributed by atoms with van der Waals surface area (Å²) in [4.78, 5) is 34.7. The molecule has 0 spiro atoms. The van der Waals surface area contributed by atoms with Gasteiger partial charge in [0.25, 0.3) is 0 Å². The van der Waals surface area contributed by atoms with Crippen molar-refractivity contribution in [2.75, 3.05) is 7.11 Å². The monoisotopic (exact) mass is 214 g/mol. The summed E-state index contributed by atoms with van der Waals surface area (Å²) in [6.07, 6.45) is 0. The van der Waals surface area contributed by atoms with Crippen LogP contribution in [0.5, 0.6) is 0 Å². The van der Waals surface area contributed by atoms with Gasteiger partial charge in [-0.25, -0.2) is 0 Å². The van der Waals surface area contributed by atoms with E-state index in [1.165, 1.54) is 41.7 Å². The van der Waals surface area contributed by atoms with Gasteiger partial charge in [0.15, 0.2) is 5.78 Å². The molecule has 0 saturated carbocycles. The highest BCUT2D eigenvalue weighted by Gasteiger charge is 2.47. The Balaban J connectivity index is 5.18. The predicted molar refractivity (Wildman–Crippen MR) is 55.3 cm³/mol. The summed E-state index contributed by atoms with van der Waals surface area (Å²) in [6.45, 7) is 7.30. The second-order valence-electron chi connectivity index (χ2n) is 4.63. The average Bonchev–Trinajstić information content (AvgIpc) is 2.14. The van der Waals surface area contributed by atoms with Crippen LogP contribution in [0.2, 0.25) is 0 Å². The Labute approximate surface area is 90.0 Å². The molecule has 0 N–H and O–H groups in total. The fraction of sp³-hybridized carbons (Fsp3) is 0.727. The molecule has 0 fully saturated rings. The average molecular weight is 214 g/mol. The van der Waals surface area contributed by atoms with Crippen molar-refractivity contribution in [3.8, 4) is 0 Å². The van der Waals surface area contributed by atoms with Crippen LogP contribution in [0, 0.1) is 10.8 Å². The van der Waals surface area contributed by atoms with Crippen LogP contribution >= 0.6 is 0 Å². The lowest BCUT2D eigenvalue weighted by molar-refractivity contribution is -0.159. The predicted octanol–water partition coefficient (Wildman–Crippen LogP) is 1.37. The molecule has 0 heterocycles. The Kier molecular flexibility index (Phi) is 3.80. The maximum absolute atomic E-state index is 12.0. The number of esters is 1. The van der Waals surface area contributed by atoms with E-state index in [0.29, 0.717) is 0 Å². The Bertz CT molecular complexity index is 300. The Morgan fingerprint density at radius 1 is 0.933 bits per heavy atom. The molecule has 0 atom stereocenters. The summed E-state index contributed by atoms with van der Waals surface area (Å²) in [6, 6.07) is 0. The van der Waals surface area contributed by atoms with Crippen LogP contribution in [-0.2, 0) is 19.1 Å². The van der Waals surface area contributed by atoms with Crippen LogP contribution in [0.25, 0.3) is 0 Å². The fourth-order valence-corrected chi connectivity index (χ4v) is 1.29. The lowest BCUT2D eigenvalue weighted by atomic mass is 9.71. The van der Waals surface area contributed by atoms with Gasteiger partial charge in [-0.15, -0.1) is 0 Å². The van der Waals surface area contributed by atoms with Gasteiger partial charge in [-0.1, -0.05) is 0 Å². The first kappa shape index (κ1) is 13.8. The number of methoxy groups -OCH3 is 1. The van der Waals surface area contributed by atoms with E-state index >= 15 is 0 Å². The van der Waals surface area contributed by atoms with Gasteiger partial charge in [-0.2, -0.15) is 0 Å². The lowest BCUT2D eigenvalue weighted by Gasteiger charge is -2.29. The lowest BCUT2D eigenvalue weighted by Crippen LogP contribution is -2.45. The third kappa shape index (κ3) is 2.43. The van der Waals surface area contributed by atoms with Crippen molar-refractivity contribution in [3.63, 3.8) is 0 Å². The van der Waals surface area contributed by atoms with Gasteiger partial charge in [0, 0.05) is 0 Å². The molecule has 0 aliphatic rings. The molecule has 0 aliphatic heterocycles. The molecule has 15 heavy (non-hydrogen) atoms. The Hall–Kier alpha value is -1.19. The molecule has 0 aromatic rings.